The second kappa shape index (κ2) is 5.15. The molecule has 0 fully saturated rings. The van der Waals surface area contributed by atoms with Crippen LogP contribution in [0.15, 0.2) is 24.5 Å². The molecular weight excluding hydrogens is 252 g/mol. The summed E-state index contributed by atoms with van der Waals surface area (Å²) in [5, 5.41) is 9.98. The zero-order valence-electron chi connectivity index (χ0n) is 12.7. The Labute approximate surface area is 119 Å². The molecular formula is C15H22N4O. The average Bonchev–Trinajstić information content (AvgIpc) is 2.95. The molecule has 0 unspecified atom stereocenters. The van der Waals surface area contributed by atoms with E-state index >= 15 is 0 Å². The van der Waals surface area contributed by atoms with Crippen molar-refractivity contribution in [1.29, 1.82) is 0 Å². The van der Waals surface area contributed by atoms with E-state index in [-0.39, 0.29) is 17.4 Å². The van der Waals surface area contributed by atoms with Gasteiger partial charge in [0, 0.05) is 31.0 Å². The predicted octanol–water partition coefficient (Wildman–Crippen LogP) is 2.58. The SMILES string of the molecule is C[C@@H](NC(=O)c1cc(-c2ccn(C)c2)n[nH]1)C(C)(C)C. The van der Waals surface area contributed by atoms with E-state index in [0.29, 0.717) is 5.69 Å². The van der Waals surface area contributed by atoms with Gasteiger partial charge in [-0.05, 0) is 24.5 Å². The summed E-state index contributed by atoms with van der Waals surface area (Å²) in [4.78, 5) is 12.2. The maximum atomic E-state index is 12.2. The number of aromatic nitrogens is 3. The van der Waals surface area contributed by atoms with Crippen LogP contribution in [0.2, 0.25) is 0 Å². The van der Waals surface area contributed by atoms with Gasteiger partial charge in [0.25, 0.3) is 5.91 Å². The second-order valence-electron chi connectivity index (χ2n) is 6.29. The summed E-state index contributed by atoms with van der Waals surface area (Å²) in [6.07, 6.45) is 3.92. The van der Waals surface area contributed by atoms with Crippen molar-refractivity contribution in [1.82, 2.24) is 20.1 Å². The Morgan fingerprint density at radius 1 is 1.45 bits per heavy atom. The van der Waals surface area contributed by atoms with Gasteiger partial charge in [-0.2, -0.15) is 5.10 Å². The van der Waals surface area contributed by atoms with Gasteiger partial charge in [0.2, 0.25) is 0 Å². The lowest BCUT2D eigenvalue weighted by Gasteiger charge is -2.27. The Kier molecular flexibility index (Phi) is 3.70. The molecule has 108 valence electrons. The van der Waals surface area contributed by atoms with Crippen molar-refractivity contribution in [2.24, 2.45) is 12.5 Å². The molecule has 0 saturated carbocycles. The molecule has 5 heteroatoms. The molecule has 2 rings (SSSR count). The summed E-state index contributed by atoms with van der Waals surface area (Å²) in [6, 6.07) is 3.83. The Morgan fingerprint density at radius 3 is 2.70 bits per heavy atom. The van der Waals surface area contributed by atoms with E-state index in [1.54, 1.807) is 6.07 Å². The van der Waals surface area contributed by atoms with Crippen molar-refractivity contribution in [2.75, 3.05) is 0 Å². The van der Waals surface area contributed by atoms with Gasteiger partial charge >= 0.3 is 0 Å². The van der Waals surface area contributed by atoms with E-state index in [0.717, 1.165) is 11.3 Å². The fourth-order valence-corrected chi connectivity index (χ4v) is 1.73. The maximum Gasteiger partial charge on any atom is 0.269 e. The first kappa shape index (κ1) is 14.4. The first-order chi connectivity index (χ1) is 9.27. The highest BCUT2D eigenvalue weighted by atomic mass is 16.2. The molecule has 2 N–H and O–H groups in total. The number of rotatable bonds is 3. The standard InChI is InChI=1S/C15H22N4O/c1-10(15(2,3)4)16-14(20)13-8-12(17-18-13)11-6-7-19(5)9-11/h6-10H,1-5H3,(H,16,20)(H,17,18)/t10-/m1/s1. The van der Waals surface area contributed by atoms with Crippen LogP contribution in [0.4, 0.5) is 0 Å². The normalized spacial score (nSPS) is 13.2. The highest BCUT2D eigenvalue weighted by Gasteiger charge is 2.23. The van der Waals surface area contributed by atoms with E-state index < -0.39 is 0 Å². The Balaban J connectivity index is 2.11. The average molecular weight is 274 g/mol. The number of aromatic amines is 1. The first-order valence-corrected chi connectivity index (χ1v) is 6.76. The van der Waals surface area contributed by atoms with Crippen LogP contribution < -0.4 is 5.32 Å². The zero-order valence-corrected chi connectivity index (χ0v) is 12.7. The number of amides is 1. The van der Waals surface area contributed by atoms with Gasteiger partial charge in [-0.3, -0.25) is 9.89 Å². The van der Waals surface area contributed by atoms with Crippen LogP contribution in [0, 0.1) is 5.41 Å². The largest absolute Gasteiger partial charge is 0.357 e. The number of carbonyl (C=O) groups is 1. The van der Waals surface area contributed by atoms with Crippen LogP contribution in [0.5, 0.6) is 0 Å². The quantitative estimate of drug-likeness (QED) is 0.903. The van der Waals surface area contributed by atoms with Crippen LogP contribution in [0.1, 0.15) is 38.2 Å². The molecule has 0 aliphatic rings. The van der Waals surface area contributed by atoms with Gasteiger partial charge in [-0.15, -0.1) is 0 Å². The number of hydrogen-bond acceptors (Lipinski definition) is 2. The smallest absolute Gasteiger partial charge is 0.269 e. The lowest BCUT2D eigenvalue weighted by Crippen LogP contribution is -2.41. The van der Waals surface area contributed by atoms with Gasteiger partial charge in [0.15, 0.2) is 0 Å². The monoisotopic (exact) mass is 274 g/mol. The minimum absolute atomic E-state index is 0.0257. The molecule has 0 radical (unpaired) electrons. The second-order valence-corrected chi connectivity index (χ2v) is 6.29. The minimum Gasteiger partial charge on any atom is -0.357 e. The van der Waals surface area contributed by atoms with Crippen LogP contribution in [0.25, 0.3) is 11.3 Å². The molecule has 0 bridgehead atoms. The lowest BCUT2D eigenvalue weighted by atomic mass is 9.88. The summed E-state index contributed by atoms with van der Waals surface area (Å²) in [7, 11) is 1.95. The van der Waals surface area contributed by atoms with E-state index in [1.807, 2.05) is 37.0 Å². The summed E-state index contributed by atoms with van der Waals surface area (Å²) >= 11 is 0. The van der Waals surface area contributed by atoms with E-state index in [9.17, 15) is 4.79 Å². The molecule has 20 heavy (non-hydrogen) atoms. The van der Waals surface area contributed by atoms with Crippen molar-refractivity contribution in [3.63, 3.8) is 0 Å². The van der Waals surface area contributed by atoms with Crippen LogP contribution in [-0.4, -0.2) is 26.7 Å². The predicted molar refractivity (Wildman–Crippen MR) is 79.4 cm³/mol. The molecule has 0 aromatic carbocycles. The Morgan fingerprint density at radius 2 is 2.15 bits per heavy atom. The number of hydrogen-bond donors (Lipinski definition) is 2. The number of nitrogens with one attached hydrogen (secondary N) is 2. The van der Waals surface area contributed by atoms with Crippen molar-refractivity contribution in [2.45, 2.75) is 33.7 Å². The van der Waals surface area contributed by atoms with Gasteiger partial charge in [0.1, 0.15) is 5.69 Å². The van der Waals surface area contributed by atoms with E-state index in [4.69, 9.17) is 0 Å². The molecule has 0 saturated heterocycles. The fourth-order valence-electron chi connectivity index (χ4n) is 1.73. The third-order valence-electron chi connectivity index (χ3n) is 3.60. The lowest BCUT2D eigenvalue weighted by molar-refractivity contribution is 0.0905. The van der Waals surface area contributed by atoms with Gasteiger partial charge in [-0.1, -0.05) is 20.8 Å². The molecule has 0 spiro atoms. The van der Waals surface area contributed by atoms with Crippen LogP contribution in [-0.2, 0) is 7.05 Å². The van der Waals surface area contributed by atoms with E-state index in [2.05, 4.69) is 36.3 Å². The molecule has 2 aromatic heterocycles. The molecule has 5 nitrogen and oxygen atoms in total. The number of H-pyrrole nitrogens is 1. The van der Waals surface area contributed by atoms with Crippen LogP contribution in [0.3, 0.4) is 0 Å². The molecule has 1 amide bonds. The van der Waals surface area contributed by atoms with Gasteiger partial charge in [0.05, 0.1) is 5.69 Å². The zero-order chi connectivity index (χ0) is 14.9. The number of nitrogens with zero attached hydrogens (tertiary/aromatic N) is 2. The van der Waals surface area contributed by atoms with E-state index in [1.165, 1.54) is 0 Å². The van der Waals surface area contributed by atoms with Gasteiger partial charge in [-0.25, -0.2) is 0 Å². The highest BCUT2D eigenvalue weighted by Crippen LogP contribution is 2.20. The van der Waals surface area contributed by atoms with Crippen molar-refractivity contribution in [3.8, 4) is 11.3 Å². The van der Waals surface area contributed by atoms with Crippen molar-refractivity contribution < 1.29 is 4.79 Å². The van der Waals surface area contributed by atoms with Gasteiger partial charge < -0.3 is 9.88 Å². The first-order valence-electron chi connectivity index (χ1n) is 6.76. The molecule has 2 heterocycles. The summed E-state index contributed by atoms with van der Waals surface area (Å²) < 4.78 is 1.95. The topological polar surface area (TPSA) is 62.7 Å². The third-order valence-corrected chi connectivity index (χ3v) is 3.60. The minimum atomic E-state index is -0.123. The number of carbonyl (C=O) groups excluding carboxylic acids is 1. The maximum absolute atomic E-state index is 12.2. The van der Waals surface area contributed by atoms with Crippen molar-refractivity contribution >= 4 is 5.91 Å². The molecule has 0 aliphatic carbocycles. The third kappa shape index (κ3) is 3.10. The molecule has 0 aliphatic heterocycles. The highest BCUT2D eigenvalue weighted by molar-refractivity contribution is 5.93. The van der Waals surface area contributed by atoms with Crippen LogP contribution >= 0.6 is 0 Å². The Bertz CT molecular complexity index is 603. The molecule has 2 aromatic rings. The summed E-state index contributed by atoms with van der Waals surface area (Å²) in [5.74, 6) is -0.123. The fraction of sp³-hybridized carbons (Fsp3) is 0.467. The van der Waals surface area contributed by atoms with Crippen molar-refractivity contribution in [3.05, 3.63) is 30.2 Å². The summed E-state index contributed by atoms with van der Waals surface area (Å²) in [6.45, 7) is 8.30. The number of aryl methyl sites for hydroxylation is 1. The summed E-state index contributed by atoms with van der Waals surface area (Å²) in [5.41, 5.74) is 2.28. The molecule has 1 atom stereocenters. The Hall–Kier alpha value is -2.04.